The zero-order valence-corrected chi connectivity index (χ0v) is 10.5. The molecule has 0 radical (unpaired) electrons. The van der Waals surface area contributed by atoms with Crippen molar-refractivity contribution < 1.29 is 14.7 Å². The molecule has 6 heteroatoms. The minimum absolute atomic E-state index is 0.151. The second-order valence-electron chi connectivity index (χ2n) is 3.70. The minimum Gasteiger partial charge on any atom is -0.507 e. The van der Waals surface area contributed by atoms with Crippen LogP contribution in [-0.2, 0) is 10.3 Å². The molecule has 1 aliphatic heterocycles. The van der Waals surface area contributed by atoms with E-state index in [1.165, 1.54) is 6.07 Å². The van der Waals surface area contributed by atoms with Crippen molar-refractivity contribution in [2.24, 2.45) is 0 Å². The first-order chi connectivity index (χ1) is 7.43. The van der Waals surface area contributed by atoms with Gasteiger partial charge in [0.25, 0.3) is 5.91 Å². The van der Waals surface area contributed by atoms with Crippen LogP contribution in [0.25, 0.3) is 0 Å². The molecule has 0 spiro atoms. The Bertz CT molecular complexity index is 489. The summed E-state index contributed by atoms with van der Waals surface area (Å²) in [6, 6.07) is 4.28. The lowest BCUT2D eigenvalue weighted by molar-refractivity contribution is -0.123. The van der Waals surface area contributed by atoms with E-state index in [9.17, 15) is 14.7 Å². The fraction of sp³-hybridized carbons (Fsp3) is 0.200. The normalized spacial score (nSPS) is 24.1. The van der Waals surface area contributed by atoms with Crippen molar-refractivity contribution in [1.29, 1.82) is 0 Å². The average Bonchev–Trinajstić information content (AvgIpc) is 2.46. The Labute approximate surface area is 105 Å². The third-order valence-corrected chi connectivity index (χ3v) is 3.43. The number of phenolic OH excluding ortho intramolecular Hbond substituents is 1. The molecule has 2 rings (SSSR count). The zero-order valence-electron chi connectivity index (χ0n) is 8.37. The minimum atomic E-state index is -1.06. The summed E-state index contributed by atoms with van der Waals surface area (Å²) in [5, 5.41) is 14.1. The van der Waals surface area contributed by atoms with Crippen LogP contribution in [0, 0.1) is 3.57 Å². The summed E-state index contributed by atoms with van der Waals surface area (Å²) in [5.41, 5.74) is -0.428. The molecule has 1 aliphatic rings. The molecule has 3 amide bonds. The van der Waals surface area contributed by atoms with E-state index < -0.39 is 11.6 Å². The Morgan fingerprint density at radius 1 is 1.38 bits per heavy atom. The SMILES string of the molecule is CC1(c2ccc(O)c(I)c2)NC(=O)NC1=O. The van der Waals surface area contributed by atoms with Crippen LogP contribution in [0.4, 0.5) is 4.79 Å². The number of carbonyl (C=O) groups excluding carboxylic acids is 2. The summed E-state index contributed by atoms with van der Waals surface area (Å²) in [5.74, 6) is -0.239. The van der Waals surface area contributed by atoms with Crippen molar-refractivity contribution in [3.05, 3.63) is 27.3 Å². The topological polar surface area (TPSA) is 78.4 Å². The highest BCUT2D eigenvalue weighted by molar-refractivity contribution is 14.1. The molecule has 1 aromatic rings. The van der Waals surface area contributed by atoms with Crippen LogP contribution in [0.1, 0.15) is 12.5 Å². The third kappa shape index (κ3) is 1.62. The number of imide groups is 1. The zero-order chi connectivity index (χ0) is 11.9. The van der Waals surface area contributed by atoms with E-state index >= 15 is 0 Å². The van der Waals surface area contributed by atoms with Crippen LogP contribution in [0.15, 0.2) is 18.2 Å². The van der Waals surface area contributed by atoms with E-state index in [1.54, 1.807) is 19.1 Å². The van der Waals surface area contributed by atoms with E-state index in [-0.39, 0.29) is 11.7 Å². The number of hydrogen-bond acceptors (Lipinski definition) is 3. The van der Waals surface area contributed by atoms with Crippen LogP contribution in [-0.4, -0.2) is 17.0 Å². The lowest BCUT2D eigenvalue weighted by Crippen LogP contribution is -2.40. The van der Waals surface area contributed by atoms with Crippen molar-refractivity contribution in [1.82, 2.24) is 10.6 Å². The van der Waals surface area contributed by atoms with E-state index in [2.05, 4.69) is 10.6 Å². The van der Waals surface area contributed by atoms with Gasteiger partial charge in [0.1, 0.15) is 11.3 Å². The van der Waals surface area contributed by atoms with Crippen LogP contribution in [0.2, 0.25) is 0 Å². The first kappa shape index (κ1) is 11.2. The van der Waals surface area contributed by atoms with Gasteiger partial charge in [-0.25, -0.2) is 4.79 Å². The molecule has 1 aromatic carbocycles. The van der Waals surface area contributed by atoms with Gasteiger partial charge in [-0.15, -0.1) is 0 Å². The van der Waals surface area contributed by atoms with Gasteiger partial charge in [0.05, 0.1) is 3.57 Å². The Morgan fingerprint density at radius 3 is 2.56 bits per heavy atom. The van der Waals surface area contributed by atoms with E-state index in [1.807, 2.05) is 22.6 Å². The van der Waals surface area contributed by atoms with Crippen LogP contribution < -0.4 is 10.6 Å². The second-order valence-corrected chi connectivity index (χ2v) is 4.86. The maximum absolute atomic E-state index is 11.6. The van der Waals surface area contributed by atoms with Crippen molar-refractivity contribution in [3.63, 3.8) is 0 Å². The monoisotopic (exact) mass is 332 g/mol. The maximum Gasteiger partial charge on any atom is 0.322 e. The Kier molecular flexibility index (Phi) is 2.53. The standard InChI is InChI=1S/C10H9IN2O3/c1-10(8(15)12-9(16)13-10)5-2-3-7(14)6(11)4-5/h2-4,14H,1H3,(H2,12,13,15,16). The smallest absolute Gasteiger partial charge is 0.322 e. The van der Waals surface area contributed by atoms with Gasteiger partial charge in [0.2, 0.25) is 0 Å². The number of aromatic hydroxyl groups is 1. The van der Waals surface area contributed by atoms with E-state index in [0.717, 1.165) is 0 Å². The molecule has 1 heterocycles. The maximum atomic E-state index is 11.6. The Balaban J connectivity index is 2.47. The molecule has 1 saturated heterocycles. The summed E-state index contributed by atoms with van der Waals surface area (Å²) in [6.45, 7) is 1.62. The van der Waals surface area contributed by atoms with E-state index in [0.29, 0.717) is 9.13 Å². The number of halogens is 1. The molecule has 5 nitrogen and oxygen atoms in total. The fourth-order valence-electron chi connectivity index (χ4n) is 1.56. The van der Waals surface area contributed by atoms with Gasteiger partial charge in [0, 0.05) is 0 Å². The van der Waals surface area contributed by atoms with Gasteiger partial charge in [-0.2, -0.15) is 0 Å². The molecule has 0 saturated carbocycles. The second kappa shape index (κ2) is 3.62. The van der Waals surface area contributed by atoms with Crippen molar-refractivity contribution >= 4 is 34.5 Å². The largest absolute Gasteiger partial charge is 0.507 e. The van der Waals surface area contributed by atoms with E-state index in [4.69, 9.17) is 0 Å². The quantitative estimate of drug-likeness (QED) is 0.531. The van der Waals surface area contributed by atoms with Crippen LogP contribution >= 0.6 is 22.6 Å². The van der Waals surface area contributed by atoms with Gasteiger partial charge < -0.3 is 10.4 Å². The summed E-state index contributed by atoms with van der Waals surface area (Å²) in [6.07, 6.45) is 0. The van der Waals surface area contributed by atoms with Crippen molar-refractivity contribution in [2.45, 2.75) is 12.5 Å². The summed E-state index contributed by atoms with van der Waals surface area (Å²) < 4.78 is 0.630. The number of urea groups is 1. The first-order valence-electron chi connectivity index (χ1n) is 4.56. The molecule has 0 aliphatic carbocycles. The Morgan fingerprint density at radius 2 is 2.06 bits per heavy atom. The number of phenols is 1. The number of rotatable bonds is 1. The molecule has 1 unspecified atom stereocenters. The molecular weight excluding hydrogens is 323 g/mol. The molecule has 3 N–H and O–H groups in total. The predicted molar refractivity (Wildman–Crippen MR) is 64.9 cm³/mol. The molecule has 16 heavy (non-hydrogen) atoms. The molecule has 1 atom stereocenters. The lowest BCUT2D eigenvalue weighted by atomic mass is 9.92. The Hall–Kier alpha value is -1.31. The average molecular weight is 332 g/mol. The number of nitrogens with one attached hydrogen (secondary N) is 2. The van der Waals surface area contributed by atoms with Gasteiger partial charge in [-0.05, 0) is 47.2 Å². The molecule has 84 valence electrons. The summed E-state index contributed by atoms with van der Waals surface area (Å²) in [7, 11) is 0. The third-order valence-electron chi connectivity index (χ3n) is 2.57. The highest BCUT2D eigenvalue weighted by Crippen LogP contribution is 2.29. The van der Waals surface area contributed by atoms with Crippen LogP contribution in [0.3, 0.4) is 0 Å². The van der Waals surface area contributed by atoms with Crippen LogP contribution in [0.5, 0.6) is 5.75 Å². The molecule has 1 fully saturated rings. The van der Waals surface area contributed by atoms with Gasteiger partial charge >= 0.3 is 6.03 Å². The van der Waals surface area contributed by atoms with Gasteiger partial charge in [-0.1, -0.05) is 6.07 Å². The highest BCUT2D eigenvalue weighted by atomic mass is 127. The van der Waals surface area contributed by atoms with Gasteiger partial charge in [0.15, 0.2) is 0 Å². The summed E-state index contributed by atoms with van der Waals surface area (Å²) >= 11 is 1.96. The molecule has 0 aromatic heterocycles. The lowest BCUT2D eigenvalue weighted by Gasteiger charge is -2.21. The highest BCUT2D eigenvalue weighted by Gasteiger charge is 2.43. The number of benzene rings is 1. The molecule has 0 bridgehead atoms. The van der Waals surface area contributed by atoms with Crippen molar-refractivity contribution in [2.75, 3.05) is 0 Å². The number of carbonyl (C=O) groups is 2. The molecular formula is C10H9IN2O3. The summed E-state index contributed by atoms with van der Waals surface area (Å²) in [4.78, 5) is 22.7. The first-order valence-corrected chi connectivity index (χ1v) is 5.64. The van der Waals surface area contributed by atoms with Gasteiger partial charge in [-0.3, -0.25) is 10.1 Å². The van der Waals surface area contributed by atoms with Crippen molar-refractivity contribution in [3.8, 4) is 5.75 Å². The number of amides is 3. The predicted octanol–water partition coefficient (Wildman–Crippen LogP) is 1.05. The number of hydrogen-bond donors (Lipinski definition) is 3. The fourth-order valence-corrected chi connectivity index (χ4v) is 2.08.